The minimum Gasteiger partial charge on any atom is -0.341 e. The molecule has 1 aliphatic rings. The standard InChI is InChI=1S/C11H19N5O/c1-9(16-8-13-10(7-12)14-16)11(17)15-5-3-2-4-6-15/h8-9H,2-7,12H2,1H3. The zero-order valence-corrected chi connectivity index (χ0v) is 10.2. The molecule has 94 valence electrons. The van der Waals surface area contributed by atoms with Crippen LogP contribution in [0.5, 0.6) is 0 Å². The van der Waals surface area contributed by atoms with Gasteiger partial charge in [0.2, 0.25) is 5.91 Å². The molecule has 1 aromatic heterocycles. The molecule has 2 rings (SSSR count). The Labute approximate surface area is 101 Å². The molecule has 0 aromatic carbocycles. The van der Waals surface area contributed by atoms with E-state index in [0.29, 0.717) is 12.4 Å². The number of piperidine rings is 1. The van der Waals surface area contributed by atoms with Gasteiger partial charge in [-0.2, -0.15) is 5.10 Å². The minimum absolute atomic E-state index is 0.123. The lowest BCUT2D eigenvalue weighted by Gasteiger charge is -2.29. The zero-order chi connectivity index (χ0) is 12.3. The maximum absolute atomic E-state index is 12.2. The number of carbonyl (C=O) groups excluding carboxylic acids is 1. The first-order valence-electron chi connectivity index (χ1n) is 6.11. The number of likely N-dealkylation sites (tertiary alicyclic amines) is 1. The second-order valence-electron chi connectivity index (χ2n) is 4.41. The van der Waals surface area contributed by atoms with Crippen molar-refractivity contribution in [1.29, 1.82) is 0 Å². The van der Waals surface area contributed by atoms with E-state index in [9.17, 15) is 4.79 Å². The second kappa shape index (κ2) is 5.27. The van der Waals surface area contributed by atoms with Gasteiger partial charge in [-0.3, -0.25) is 4.79 Å². The molecule has 0 aliphatic carbocycles. The number of nitrogens with zero attached hydrogens (tertiary/aromatic N) is 4. The summed E-state index contributed by atoms with van der Waals surface area (Å²) in [6.45, 7) is 3.88. The van der Waals surface area contributed by atoms with Gasteiger partial charge >= 0.3 is 0 Å². The molecule has 1 saturated heterocycles. The van der Waals surface area contributed by atoms with Gasteiger partial charge in [0, 0.05) is 13.1 Å². The topological polar surface area (TPSA) is 77.0 Å². The normalized spacial score (nSPS) is 18.1. The van der Waals surface area contributed by atoms with Crippen molar-refractivity contribution < 1.29 is 4.79 Å². The Morgan fingerprint density at radius 3 is 2.76 bits per heavy atom. The maximum atomic E-state index is 12.2. The largest absolute Gasteiger partial charge is 0.341 e. The third-order valence-corrected chi connectivity index (χ3v) is 3.16. The van der Waals surface area contributed by atoms with Crippen LogP contribution in [0.25, 0.3) is 0 Å². The van der Waals surface area contributed by atoms with Crippen LogP contribution in [0.4, 0.5) is 0 Å². The van der Waals surface area contributed by atoms with E-state index in [1.165, 1.54) is 6.42 Å². The summed E-state index contributed by atoms with van der Waals surface area (Å²) >= 11 is 0. The molecule has 1 unspecified atom stereocenters. The summed E-state index contributed by atoms with van der Waals surface area (Å²) in [5, 5.41) is 4.18. The van der Waals surface area contributed by atoms with Crippen LogP contribution in [-0.4, -0.2) is 38.7 Å². The Balaban J connectivity index is 2.02. The molecular weight excluding hydrogens is 218 g/mol. The predicted molar refractivity (Wildman–Crippen MR) is 63.1 cm³/mol. The Hall–Kier alpha value is -1.43. The first-order chi connectivity index (χ1) is 8.22. The fourth-order valence-electron chi connectivity index (χ4n) is 2.08. The van der Waals surface area contributed by atoms with Crippen LogP contribution in [0, 0.1) is 0 Å². The van der Waals surface area contributed by atoms with Gasteiger partial charge in [0.05, 0.1) is 6.54 Å². The van der Waals surface area contributed by atoms with Crippen LogP contribution >= 0.6 is 0 Å². The van der Waals surface area contributed by atoms with Crippen LogP contribution < -0.4 is 5.73 Å². The van der Waals surface area contributed by atoms with E-state index >= 15 is 0 Å². The van der Waals surface area contributed by atoms with Crippen molar-refractivity contribution in [3.8, 4) is 0 Å². The molecule has 17 heavy (non-hydrogen) atoms. The van der Waals surface area contributed by atoms with Crippen molar-refractivity contribution in [2.45, 2.75) is 38.8 Å². The van der Waals surface area contributed by atoms with Crippen molar-refractivity contribution in [1.82, 2.24) is 19.7 Å². The van der Waals surface area contributed by atoms with Gasteiger partial charge in [0.15, 0.2) is 5.82 Å². The Kier molecular flexibility index (Phi) is 3.73. The summed E-state index contributed by atoms with van der Waals surface area (Å²) in [5.41, 5.74) is 5.45. The van der Waals surface area contributed by atoms with Crippen molar-refractivity contribution in [3.63, 3.8) is 0 Å². The van der Waals surface area contributed by atoms with Crippen LogP contribution in [0.3, 0.4) is 0 Å². The van der Waals surface area contributed by atoms with Crippen molar-refractivity contribution in [3.05, 3.63) is 12.2 Å². The lowest BCUT2D eigenvalue weighted by atomic mass is 10.1. The summed E-state index contributed by atoms with van der Waals surface area (Å²) in [4.78, 5) is 18.2. The van der Waals surface area contributed by atoms with Gasteiger partial charge in [-0.05, 0) is 26.2 Å². The summed E-state index contributed by atoms with van der Waals surface area (Å²) < 4.78 is 1.60. The maximum Gasteiger partial charge on any atom is 0.247 e. The number of rotatable bonds is 3. The first kappa shape index (κ1) is 12.0. The van der Waals surface area contributed by atoms with E-state index in [0.717, 1.165) is 25.9 Å². The molecule has 1 fully saturated rings. The predicted octanol–water partition coefficient (Wildman–Crippen LogP) is 0.310. The Morgan fingerprint density at radius 2 is 2.18 bits per heavy atom. The van der Waals surface area contributed by atoms with E-state index in [1.54, 1.807) is 11.0 Å². The van der Waals surface area contributed by atoms with Gasteiger partial charge in [-0.15, -0.1) is 0 Å². The lowest BCUT2D eigenvalue weighted by Crippen LogP contribution is -2.39. The van der Waals surface area contributed by atoms with Crippen molar-refractivity contribution >= 4 is 5.91 Å². The fraction of sp³-hybridized carbons (Fsp3) is 0.727. The molecule has 0 bridgehead atoms. The molecule has 0 radical (unpaired) electrons. The van der Waals surface area contributed by atoms with E-state index in [4.69, 9.17) is 5.73 Å². The van der Waals surface area contributed by atoms with Gasteiger partial charge in [0.25, 0.3) is 0 Å². The number of amides is 1. The average molecular weight is 237 g/mol. The van der Waals surface area contributed by atoms with Gasteiger partial charge in [0.1, 0.15) is 12.4 Å². The number of aromatic nitrogens is 3. The van der Waals surface area contributed by atoms with E-state index < -0.39 is 0 Å². The smallest absolute Gasteiger partial charge is 0.247 e. The fourth-order valence-corrected chi connectivity index (χ4v) is 2.08. The highest BCUT2D eigenvalue weighted by atomic mass is 16.2. The van der Waals surface area contributed by atoms with Gasteiger partial charge in [-0.1, -0.05) is 0 Å². The molecule has 1 aromatic rings. The number of hydrogen-bond donors (Lipinski definition) is 1. The van der Waals surface area contributed by atoms with E-state index in [2.05, 4.69) is 10.1 Å². The van der Waals surface area contributed by atoms with Crippen LogP contribution in [-0.2, 0) is 11.3 Å². The Morgan fingerprint density at radius 1 is 1.47 bits per heavy atom. The summed E-state index contributed by atoms with van der Waals surface area (Å²) in [5.74, 6) is 0.696. The van der Waals surface area contributed by atoms with Crippen molar-refractivity contribution in [2.24, 2.45) is 5.73 Å². The zero-order valence-electron chi connectivity index (χ0n) is 10.2. The number of nitrogens with two attached hydrogens (primary N) is 1. The molecule has 1 atom stereocenters. The third-order valence-electron chi connectivity index (χ3n) is 3.16. The third kappa shape index (κ3) is 2.63. The molecule has 6 nitrogen and oxygen atoms in total. The molecule has 0 spiro atoms. The first-order valence-corrected chi connectivity index (χ1v) is 6.11. The van der Waals surface area contributed by atoms with Crippen LogP contribution in [0.2, 0.25) is 0 Å². The summed E-state index contributed by atoms with van der Waals surface area (Å²) in [6.07, 6.45) is 5.00. The number of hydrogen-bond acceptors (Lipinski definition) is 4. The van der Waals surface area contributed by atoms with Gasteiger partial charge < -0.3 is 10.6 Å². The summed E-state index contributed by atoms with van der Waals surface area (Å²) in [7, 11) is 0. The van der Waals surface area contributed by atoms with Crippen LogP contribution in [0.1, 0.15) is 38.1 Å². The second-order valence-corrected chi connectivity index (χ2v) is 4.41. The van der Waals surface area contributed by atoms with E-state index in [1.807, 2.05) is 11.8 Å². The molecule has 1 aliphatic heterocycles. The summed E-state index contributed by atoms with van der Waals surface area (Å²) in [6, 6.07) is -0.291. The lowest BCUT2D eigenvalue weighted by molar-refractivity contribution is -0.135. The molecule has 2 N–H and O–H groups in total. The molecule has 0 saturated carbocycles. The monoisotopic (exact) mass is 237 g/mol. The molecule has 1 amide bonds. The molecular formula is C11H19N5O. The quantitative estimate of drug-likeness (QED) is 0.820. The van der Waals surface area contributed by atoms with Gasteiger partial charge in [-0.25, -0.2) is 9.67 Å². The Bertz CT molecular complexity index is 383. The highest BCUT2D eigenvalue weighted by Crippen LogP contribution is 2.14. The minimum atomic E-state index is -0.291. The molecule has 2 heterocycles. The average Bonchev–Trinajstić information content (AvgIpc) is 2.87. The van der Waals surface area contributed by atoms with E-state index in [-0.39, 0.29) is 11.9 Å². The highest BCUT2D eigenvalue weighted by molar-refractivity contribution is 5.80. The SMILES string of the molecule is CC(C(=O)N1CCCCC1)n1cnc(CN)n1. The van der Waals surface area contributed by atoms with Crippen molar-refractivity contribution in [2.75, 3.05) is 13.1 Å². The highest BCUT2D eigenvalue weighted by Gasteiger charge is 2.23. The molecule has 6 heteroatoms. The van der Waals surface area contributed by atoms with Crippen LogP contribution in [0.15, 0.2) is 6.33 Å². The number of carbonyl (C=O) groups is 1.